The quantitative estimate of drug-likeness (QED) is 0.298. The summed E-state index contributed by atoms with van der Waals surface area (Å²) >= 11 is 0. The third-order valence-electron chi connectivity index (χ3n) is 6.63. The molecule has 0 unspecified atom stereocenters. The van der Waals surface area contributed by atoms with Gasteiger partial charge in [0.15, 0.2) is 0 Å². The molecule has 0 atom stereocenters. The Balaban J connectivity index is 1.38. The molecule has 0 bridgehead atoms. The minimum atomic E-state index is -0.254. The lowest BCUT2D eigenvalue weighted by Crippen LogP contribution is -2.30. The molecule has 34 heavy (non-hydrogen) atoms. The van der Waals surface area contributed by atoms with Crippen molar-refractivity contribution in [1.82, 2.24) is 9.88 Å². The highest BCUT2D eigenvalue weighted by atomic mass is 16.5. The molecule has 0 aliphatic carbocycles. The van der Waals surface area contributed by atoms with Gasteiger partial charge in [-0.25, -0.2) is 0 Å². The number of hydrogen-bond donors (Lipinski definition) is 2. The van der Waals surface area contributed by atoms with Gasteiger partial charge in [-0.1, -0.05) is 42.5 Å². The summed E-state index contributed by atoms with van der Waals surface area (Å²) in [5, 5.41) is 13.4. The fourth-order valence-electron chi connectivity index (χ4n) is 4.92. The molecule has 4 aromatic rings. The number of carbonyl (C=O) groups is 1. The molecule has 6 heteroatoms. The van der Waals surface area contributed by atoms with Crippen LogP contribution >= 0.6 is 0 Å². The fourth-order valence-corrected chi connectivity index (χ4v) is 4.92. The van der Waals surface area contributed by atoms with Crippen LogP contribution in [0.4, 0.5) is 0 Å². The molecular weight excluding hydrogens is 426 g/mol. The standard InChI is InChI=1S/C28H29N3O3/c1-33-26-9-5-2-6-19(26)11-13-27(29)30-28(32)20-10-12-23-22-7-3-4-8-24(22)31(25(23)18-20)21-14-16-34-17-15-21/h2-10,12,18,21H,11,13-17H2,1H3,(H2,29,30,32). The first-order chi connectivity index (χ1) is 16.7. The highest BCUT2D eigenvalue weighted by Gasteiger charge is 2.22. The van der Waals surface area contributed by atoms with Crippen molar-refractivity contribution in [3.63, 3.8) is 0 Å². The Morgan fingerprint density at radius 3 is 2.59 bits per heavy atom. The molecule has 0 saturated carbocycles. The second kappa shape index (κ2) is 9.69. The molecule has 1 aromatic heterocycles. The third kappa shape index (κ3) is 4.29. The summed E-state index contributed by atoms with van der Waals surface area (Å²) in [5.74, 6) is 0.740. The first-order valence-corrected chi connectivity index (χ1v) is 11.8. The van der Waals surface area contributed by atoms with Crippen molar-refractivity contribution in [2.45, 2.75) is 31.7 Å². The maximum atomic E-state index is 13.0. The summed E-state index contributed by atoms with van der Waals surface area (Å²) in [6.45, 7) is 1.50. The van der Waals surface area contributed by atoms with Gasteiger partial charge in [0, 0.05) is 47.5 Å². The van der Waals surface area contributed by atoms with Crippen molar-refractivity contribution in [3.05, 3.63) is 77.9 Å². The Labute approximate surface area is 199 Å². The van der Waals surface area contributed by atoms with Gasteiger partial charge in [0.05, 0.1) is 12.6 Å². The van der Waals surface area contributed by atoms with Gasteiger partial charge in [-0.15, -0.1) is 0 Å². The van der Waals surface area contributed by atoms with Crippen LogP contribution in [0.15, 0.2) is 66.7 Å². The molecule has 1 fully saturated rings. The Hall–Kier alpha value is -3.64. The van der Waals surface area contributed by atoms with Crippen LogP contribution in [0.25, 0.3) is 21.8 Å². The monoisotopic (exact) mass is 455 g/mol. The van der Waals surface area contributed by atoms with Crippen LogP contribution in [0, 0.1) is 5.41 Å². The minimum Gasteiger partial charge on any atom is -0.496 e. The molecule has 0 spiro atoms. The summed E-state index contributed by atoms with van der Waals surface area (Å²) in [7, 11) is 1.64. The van der Waals surface area contributed by atoms with Gasteiger partial charge < -0.3 is 19.4 Å². The van der Waals surface area contributed by atoms with Gasteiger partial charge in [0.25, 0.3) is 5.91 Å². The first-order valence-electron chi connectivity index (χ1n) is 11.8. The smallest absolute Gasteiger partial charge is 0.256 e. The zero-order chi connectivity index (χ0) is 23.5. The van der Waals surface area contributed by atoms with E-state index in [0.717, 1.165) is 48.3 Å². The third-order valence-corrected chi connectivity index (χ3v) is 6.63. The number of carbonyl (C=O) groups excluding carboxylic acids is 1. The molecule has 1 amide bonds. The van der Waals surface area contributed by atoms with Gasteiger partial charge >= 0.3 is 0 Å². The number of methoxy groups -OCH3 is 1. The van der Waals surface area contributed by atoms with Crippen LogP contribution in [0.2, 0.25) is 0 Å². The lowest BCUT2D eigenvalue weighted by atomic mass is 10.1. The van der Waals surface area contributed by atoms with Crippen molar-refractivity contribution in [1.29, 1.82) is 5.41 Å². The van der Waals surface area contributed by atoms with Gasteiger partial charge in [-0.2, -0.15) is 0 Å². The molecule has 2 N–H and O–H groups in total. The summed E-state index contributed by atoms with van der Waals surface area (Å²) in [6.07, 6.45) is 2.96. The molecular formula is C28H29N3O3. The maximum Gasteiger partial charge on any atom is 0.256 e. The van der Waals surface area contributed by atoms with E-state index in [-0.39, 0.29) is 11.7 Å². The minimum absolute atomic E-state index is 0.195. The van der Waals surface area contributed by atoms with E-state index < -0.39 is 0 Å². The number of nitrogens with zero attached hydrogens (tertiary/aromatic N) is 1. The van der Waals surface area contributed by atoms with E-state index in [1.165, 1.54) is 10.9 Å². The number of aryl methyl sites for hydroxylation is 1. The average Bonchev–Trinajstić information content (AvgIpc) is 3.21. The van der Waals surface area contributed by atoms with E-state index in [9.17, 15) is 4.79 Å². The van der Waals surface area contributed by atoms with Crippen LogP contribution < -0.4 is 10.1 Å². The zero-order valence-corrected chi connectivity index (χ0v) is 19.3. The topological polar surface area (TPSA) is 76.3 Å². The number of amides is 1. The van der Waals surface area contributed by atoms with Gasteiger partial charge in [0.1, 0.15) is 11.6 Å². The second-order valence-electron chi connectivity index (χ2n) is 8.71. The Kier molecular flexibility index (Phi) is 6.32. The number of amidine groups is 1. The number of aromatic nitrogens is 1. The average molecular weight is 456 g/mol. The number of fused-ring (bicyclic) bond motifs is 3. The largest absolute Gasteiger partial charge is 0.496 e. The molecule has 1 saturated heterocycles. The predicted octanol–water partition coefficient (Wildman–Crippen LogP) is 5.49. The van der Waals surface area contributed by atoms with Crippen LogP contribution in [0.5, 0.6) is 5.75 Å². The fraction of sp³-hybridized carbons (Fsp3) is 0.286. The van der Waals surface area contributed by atoms with Gasteiger partial charge in [0.2, 0.25) is 0 Å². The number of ether oxygens (including phenoxy) is 2. The number of nitrogens with one attached hydrogen (secondary N) is 2. The molecule has 1 aliphatic heterocycles. The lowest BCUT2D eigenvalue weighted by Gasteiger charge is -2.25. The Morgan fingerprint density at radius 2 is 1.76 bits per heavy atom. The molecule has 2 heterocycles. The predicted molar refractivity (Wildman–Crippen MR) is 135 cm³/mol. The molecule has 6 nitrogen and oxygen atoms in total. The van der Waals surface area contributed by atoms with Crippen molar-refractivity contribution in [2.24, 2.45) is 0 Å². The van der Waals surface area contributed by atoms with E-state index in [1.807, 2.05) is 42.5 Å². The molecule has 0 radical (unpaired) electrons. The number of benzene rings is 3. The Bertz CT molecular complexity index is 1350. The zero-order valence-electron chi connectivity index (χ0n) is 19.3. The Morgan fingerprint density at radius 1 is 1.03 bits per heavy atom. The molecule has 174 valence electrons. The molecule has 5 rings (SSSR count). The summed E-state index contributed by atoms with van der Waals surface area (Å²) < 4.78 is 13.3. The summed E-state index contributed by atoms with van der Waals surface area (Å²) in [4.78, 5) is 13.0. The summed E-state index contributed by atoms with van der Waals surface area (Å²) in [5.41, 5.74) is 3.82. The SMILES string of the molecule is COc1ccccc1CCC(=N)NC(=O)c1ccc2c3ccccc3n(C3CCOCC3)c2c1. The second-order valence-corrected chi connectivity index (χ2v) is 8.71. The van der Waals surface area contributed by atoms with Crippen LogP contribution in [0.1, 0.15) is 41.2 Å². The number of para-hydroxylation sites is 2. The van der Waals surface area contributed by atoms with Gasteiger partial charge in [-0.3, -0.25) is 10.2 Å². The highest BCUT2D eigenvalue weighted by molar-refractivity contribution is 6.12. The van der Waals surface area contributed by atoms with E-state index >= 15 is 0 Å². The van der Waals surface area contributed by atoms with Crippen LogP contribution in [0.3, 0.4) is 0 Å². The van der Waals surface area contributed by atoms with E-state index in [1.54, 1.807) is 7.11 Å². The van der Waals surface area contributed by atoms with Crippen LogP contribution in [-0.4, -0.2) is 36.6 Å². The van der Waals surface area contributed by atoms with Crippen molar-refractivity contribution in [2.75, 3.05) is 20.3 Å². The van der Waals surface area contributed by atoms with Crippen molar-refractivity contribution >= 4 is 33.5 Å². The van der Waals surface area contributed by atoms with E-state index in [2.05, 4.69) is 34.1 Å². The maximum absolute atomic E-state index is 13.0. The first kappa shape index (κ1) is 22.2. The lowest BCUT2D eigenvalue weighted by molar-refractivity contribution is 0.0717. The molecule has 1 aliphatic rings. The normalized spacial score (nSPS) is 14.4. The van der Waals surface area contributed by atoms with E-state index in [4.69, 9.17) is 14.9 Å². The number of hydrogen-bond acceptors (Lipinski definition) is 4. The highest BCUT2D eigenvalue weighted by Crippen LogP contribution is 2.35. The molecule has 3 aromatic carbocycles. The van der Waals surface area contributed by atoms with Crippen molar-refractivity contribution < 1.29 is 14.3 Å². The van der Waals surface area contributed by atoms with Crippen LogP contribution in [-0.2, 0) is 11.2 Å². The number of rotatable bonds is 6. The van der Waals surface area contributed by atoms with E-state index in [0.29, 0.717) is 24.4 Å². The van der Waals surface area contributed by atoms with Gasteiger partial charge in [-0.05, 0) is 49.1 Å². The van der Waals surface area contributed by atoms with Crippen molar-refractivity contribution in [3.8, 4) is 5.75 Å². The summed E-state index contributed by atoms with van der Waals surface area (Å²) in [6, 6.07) is 22.4.